The highest BCUT2D eigenvalue weighted by molar-refractivity contribution is 5.63. The molecule has 94 valence electrons. The van der Waals surface area contributed by atoms with Gasteiger partial charge in [0.2, 0.25) is 5.88 Å². The second-order valence-electron chi connectivity index (χ2n) is 4.60. The van der Waals surface area contributed by atoms with Gasteiger partial charge in [0, 0.05) is 19.2 Å². The molecule has 2 N–H and O–H groups in total. The molecule has 1 fully saturated rings. The van der Waals surface area contributed by atoms with Crippen molar-refractivity contribution in [2.75, 3.05) is 30.8 Å². The van der Waals surface area contributed by atoms with Crippen molar-refractivity contribution in [3.05, 3.63) is 12.1 Å². The first kappa shape index (κ1) is 12.0. The van der Waals surface area contributed by atoms with Crippen LogP contribution in [0.5, 0.6) is 5.88 Å². The normalized spacial score (nSPS) is 15.4. The number of ether oxygens (including phenoxy) is 1. The summed E-state index contributed by atoms with van der Waals surface area (Å²) < 4.78 is 5.16. The number of nitrogens with two attached hydrogens (primary N) is 1. The van der Waals surface area contributed by atoms with Crippen LogP contribution >= 0.6 is 0 Å². The zero-order valence-electron chi connectivity index (χ0n) is 10.6. The van der Waals surface area contributed by atoms with Gasteiger partial charge < -0.3 is 15.4 Å². The number of hydrogen-bond donors (Lipinski definition) is 1. The fourth-order valence-electron chi connectivity index (χ4n) is 2.16. The van der Waals surface area contributed by atoms with Gasteiger partial charge in [-0.2, -0.15) is 4.98 Å². The largest absolute Gasteiger partial charge is 0.481 e. The van der Waals surface area contributed by atoms with Gasteiger partial charge in [0.1, 0.15) is 0 Å². The molecule has 0 bridgehead atoms. The van der Waals surface area contributed by atoms with Crippen LogP contribution in [0, 0.1) is 5.92 Å². The lowest BCUT2D eigenvalue weighted by molar-refractivity contribution is 0.317. The molecule has 0 spiro atoms. The Bertz CT molecular complexity index is 377. The summed E-state index contributed by atoms with van der Waals surface area (Å²) in [6.45, 7) is 4.13. The molecular formula is C13H21N3O. The molecule has 0 aliphatic heterocycles. The molecule has 4 heteroatoms. The third-order valence-electron chi connectivity index (χ3n) is 3.47. The highest BCUT2D eigenvalue weighted by Crippen LogP contribution is 2.30. The summed E-state index contributed by atoms with van der Waals surface area (Å²) in [6.07, 6.45) is 4.03. The van der Waals surface area contributed by atoms with E-state index in [0.29, 0.717) is 5.88 Å². The third kappa shape index (κ3) is 2.62. The maximum Gasteiger partial charge on any atom is 0.215 e. The minimum Gasteiger partial charge on any atom is -0.481 e. The zero-order valence-corrected chi connectivity index (χ0v) is 10.6. The molecule has 0 unspecified atom stereocenters. The molecular weight excluding hydrogens is 214 g/mol. The maximum absolute atomic E-state index is 6.00. The Labute approximate surface area is 103 Å². The van der Waals surface area contributed by atoms with Crippen LogP contribution in [0.4, 0.5) is 11.5 Å². The van der Waals surface area contributed by atoms with Crippen molar-refractivity contribution in [3.8, 4) is 5.88 Å². The minimum atomic E-state index is 0.626. The predicted octanol–water partition coefficient (Wildman–Crippen LogP) is 2.30. The molecule has 17 heavy (non-hydrogen) atoms. The summed E-state index contributed by atoms with van der Waals surface area (Å²) in [7, 11) is 1.63. The van der Waals surface area contributed by atoms with Crippen LogP contribution in [0.15, 0.2) is 12.1 Å². The number of rotatable bonds is 5. The number of methoxy groups -OCH3 is 1. The van der Waals surface area contributed by atoms with Gasteiger partial charge in [-0.15, -0.1) is 0 Å². The molecule has 2 rings (SSSR count). The maximum atomic E-state index is 6.00. The number of pyridine rings is 1. The van der Waals surface area contributed by atoms with Crippen molar-refractivity contribution >= 4 is 11.5 Å². The van der Waals surface area contributed by atoms with E-state index >= 15 is 0 Å². The first-order chi connectivity index (χ1) is 8.24. The smallest absolute Gasteiger partial charge is 0.215 e. The molecule has 0 amide bonds. The molecule has 1 aromatic heterocycles. The van der Waals surface area contributed by atoms with Crippen molar-refractivity contribution in [3.63, 3.8) is 0 Å². The molecule has 0 radical (unpaired) electrons. The van der Waals surface area contributed by atoms with E-state index in [1.54, 1.807) is 13.2 Å². The van der Waals surface area contributed by atoms with E-state index < -0.39 is 0 Å². The average Bonchev–Trinajstić information content (AvgIpc) is 2.29. The topological polar surface area (TPSA) is 51.4 Å². The van der Waals surface area contributed by atoms with E-state index in [1.807, 2.05) is 6.07 Å². The van der Waals surface area contributed by atoms with E-state index in [1.165, 1.54) is 19.3 Å². The van der Waals surface area contributed by atoms with Gasteiger partial charge in [-0.25, -0.2) is 0 Å². The van der Waals surface area contributed by atoms with Gasteiger partial charge in [0.15, 0.2) is 5.82 Å². The zero-order chi connectivity index (χ0) is 12.3. The summed E-state index contributed by atoms with van der Waals surface area (Å²) in [4.78, 5) is 6.70. The van der Waals surface area contributed by atoms with Crippen molar-refractivity contribution in [1.82, 2.24) is 4.98 Å². The summed E-state index contributed by atoms with van der Waals surface area (Å²) in [5.41, 5.74) is 6.72. The van der Waals surface area contributed by atoms with E-state index in [4.69, 9.17) is 10.5 Å². The van der Waals surface area contributed by atoms with Crippen LogP contribution in [-0.4, -0.2) is 25.2 Å². The highest BCUT2D eigenvalue weighted by atomic mass is 16.5. The van der Waals surface area contributed by atoms with Crippen molar-refractivity contribution in [1.29, 1.82) is 0 Å². The van der Waals surface area contributed by atoms with Crippen LogP contribution < -0.4 is 15.4 Å². The summed E-state index contributed by atoms with van der Waals surface area (Å²) >= 11 is 0. The Morgan fingerprint density at radius 1 is 1.47 bits per heavy atom. The van der Waals surface area contributed by atoms with E-state index in [0.717, 1.165) is 30.5 Å². The molecule has 1 aromatic rings. The van der Waals surface area contributed by atoms with Gasteiger partial charge in [0.05, 0.1) is 12.8 Å². The quantitative estimate of drug-likeness (QED) is 0.850. The Morgan fingerprint density at radius 2 is 2.24 bits per heavy atom. The number of nitrogen functional groups attached to an aromatic ring is 1. The fourth-order valence-corrected chi connectivity index (χ4v) is 2.16. The van der Waals surface area contributed by atoms with E-state index in [2.05, 4.69) is 16.8 Å². The predicted molar refractivity (Wildman–Crippen MR) is 70.4 cm³/mol. The van der Waals surface area contributed by atoms with Crippen LogP contribution in [0.2, 0.25) is 0 Å². The second-order valence-corrected chi connectivity index (χ2v) is 4.60. The van der Waals surface area contributed by atoms with Crippen molar-refractivity contribution in [2.24, 2.45) is 5.92 Å². The Hall–Kier alpha value is -1.45. The van der Waals surface area contributed by atoms with Crippen LogP contribution in [0.25, 0.3) is 0 Å². The van der Waals surface area contributed by atoms with Gasteiger partial charge in [-0.3, -0.25) is 0 Å². The number of anilines is 2. The standard InChI is InChI=1S/C13H21N3O/c1-3-16(9-10-5-4-6-10)13-11(14)7-8-12(15-13)17-2/h7-8,10H,3-6,9,14H2,1-2H3. The van der Waals surface area contributed by atoms with E-state index in [-0.39, 0.29) is 0 Å². The molecule has 4 nitrogen and oxygen atoms in total. The molecule has 1 aliphatic carbocycles. The van der Waals surface area contributed by atoms with Gasteiger partial charge >= 0.3 is 0 Å². The lowest BCUT2D eigenvalue weighted by Crippen LogP contribution is -2.33. The lowest BCUT2D eigenvalue weighted by atomic mass is 9.85. The molecule has 0 atom stereocenters. The summed E-state index contributed by atoms with van der Waals surface area (Å²) in [6, 6.07) is 3.67. The van der Waals surface area contributed by atoms with Gasteiger partial charge in [0.25, 0.3) is 0 Å². The number of aromatic nitrogens is 1. The van der Waals surface area contributed by atoms with Gasteiger partial charge in [-0.1, -0.05) is 6.42 Å². The molecule has 1 aliphatic rings. The Balaban J connectivity index is 2.15. The first-order valence-electron chi connectivity index (χ1n) is 6.30. The SMILES string of the molecule is CCN(CC1CCC1)c1nc(OC)ccc1N. The first-order valence-corrected chi connectivity index (χ1v) is 6.30. The third-order valence-corrected chi connectivity index (χ3v) is 3.47. The fraction of sp³-hybridized carbons (Fsp3) is 0.615. The van der Waals surface area contributed by atoms with E-state index in [9.17, 15) is 0 Å². The van der Waals surface area contributed by atoms with Crippen LogP contribution in [0.3, 0.4) is 0 Å². The minimum absolute atomic E-state index is 0.626. The second kappa shape index (κ2) is 5.25. The molecule has 0 aromatic carbocycles. The van der Waals surface area contributed by atoms with Gasteiger partial charge in [-0.05, 0) is 31.7 Å². The number of hydrogen-bond acceptors (Lipinski definition) is 4. The average molecular weight is 235 g/mol. The number of nitrogens with zero attached hydrogens (tertiary/aromatic N) is 2. The summed E-state index contributed by atoms with van der Waals surface area (Å²) in [5, 5.41) is 0. The van der Waals surface area contributed by atoms with Crippen molar-refractivity contribution in [2.45, 2.75) is 26.2 Å². The molecule has 1 saturated carbocycles. The van der Waals surface area contributed by atoms with Crippen LogP contribution in [-0.2, 0) is 0 Å². The summed E-state index contributed by atoms with van der Waals surface area (Å²) in [5.74, 6) is 2.29. The Morgan fingerprint density at radius 3 is 2.76 bits per heavy atom. The molecule has 1 heterocycles. The highest BCUT2D eigenvalue weighted by Gasteiger charge is 2.22. The molecule has 0 saturated heterocycles. The van der Waals surface area contributed by atoms with Crippen molar-refractivity contribution < 1.29 is 4.74 Å². The Kier molecular flexibility index (Phi) is 3.71. The monoisotopic (exact) mass is 235 g/mol. The van der Waals surface area contributed by atoms with Crippen LogP contribution in [0.1, 0.15) is 26.2 Å². The lowest BCUT2D eigenvalue weighted by Gasteiger charge is -2.33.